The van der Waals surface area contributed by atoms with Gasteiger partial charge in [-0.25, -0.2) is 4.98 Å². The molecule has 45 heavy (non-hydrogen) atoms. The number of ether oxygens (including phenoxy) is 1. The minimum atomic E-state index is -0.359. The second-order valence-corrected chi connectivity index (χ2v) is 11.8. The van der Waals surface area contributed by atoms with Gasteiger partial charge < -0.3 is 30.7 Å². The number of amides is 2. The number of nitrogens with zero attached hydrogens (tertiary/aromatic N) is 3. The Kier molecular flexibility index (Phi) is 8.98. The van der Waals surface area contributed by atoms with E-state index in [0.717, 1.165) is 42.6 Å². The molecule has 1 aromatic heterocycles. The SMILES string of the molecule is CC(Oc1cc(-c2ccc(C(=O)N3CCC(N4CCCC4)CC3)cc2)cnc1N)c1ccc(C(=O)Nc2cccc(O)c2)cc1. The number of nitrogens with one attached hydrogen (secondary N) is 1. The van der Waals surface area contributed by atoms with Crippen LogP contribution in [-0.2, 0) is 0 Å². The molecule has 9 heteroatoms. The van der Waals surface area contributed by atoms with E-state index in [9.17, 15) is 14.7 Å². The number of phenolic OH excluding ortho intramolecular Hbond substituents is 1. The molecule has 2 aliphatic heterocycles. The Morgan fingerprint density at radius 1 is 0.911 bits per heavy atom. The molecule has 1 unspecified atom stereocenters. The number of hydrogen-bond acceptors (Lipinski definition) is 7. The quantitative estimate of drug-likeness (QED) is 0.221. The summed E-state index contributed by atoms with van der Waals surface area (Å²) < 4.78 is 6.21. The number of rotatable bonds is 8. The fourth-order valence-electron chi connectivity index (χ4n) is 6.19. The molecule has 2 aliphatic rings. The van der Waals surface area contributed by atoms with Crippen molar-refractivity contribution in [3.63, 3.8) is 0 Å². The Balaban J connectivity index is 1.07. The lowest BCUT2D eigenvalue weighted by Crippen LogP contribution is -2.45. The van der Waals surface area contributed by atoms with E-state index in [4.69, 9.17) is 10.5 Å². The minimum absolute atomic E-state index is 0.0811. The third kappa shape index (κ3) is 7.10. The molecule has 0 radical (unpaired) electrons. The summed E-state index contributed by atoms with van der Waals surface area (Å²) in [5, 5.41) is 12.4. The predicted molar refractivity (Wildman–Crippen MR) is 175 cm³/mol. The summed E-state index contributed by atoms with van der Waals surface area (Å²) in [6.45, 7) is 5.90. The maximum atomic E-state index is 13.2. The van der Waals surface area contributed by atoms with Crippen LogP contribution in [-0.4, -0.2) is 63.9 Å². The first-order chi connectivity index (χ1) is 21.8. The normalized spacial score (nSPS) is 16.3. The van der Waals surface area contributed by atoms with E-state index in [0.29, 0.717) is 28.6 Å². The number of carbonyl (C=O) groups excluding carboxylic acids is 2. The number of phenols is 1. The molecule has 232 valence electrons. The number of aromatic nitrogens is 1. The van der Waals surface area contributed by atoms with E-state index in [1.165, 1.54) is 32.0 Å². The first kappa shape index (κ1) is 30.1. The summed E-state index contributed by atoms with van der Waals surface area (Å²) in [6, 6.07) is 23.6. The molecule has 2 saturated heterocycles. The van der Waals surface area contributed by atoms with Crippen LogP contribution in [0, 0.1) is 0 Å². The molecule has 0 spiro atoms. The van der Waals surface area contributed by atoms with E-state index in [1.807, 2.05) is 54.3 Å². The van der Waals surface area contributed by atoms with E-state index >= 15 is 0 Å². The third-order valence-corrected chi connectivity index (χ3v) is 8.81. The van der Waals surface area contributed by atoms with Gasteiger partial charge in [0.05, 0.1) is 0 Å². The molecular formula is C36H39N5O4. The lowest BCUT2D eigenvalue weighted by atomic mass is 10.0. The number of benzene rings is 3. The Labute approximate surface area is 263 Å². The zero-order valence-electron chi connectivity index (χ0n) is 25.5. The van der Waals surface area contributed by atoms with Crippen molar-refractivity contribution in [3.8, 4) is 22.6 Å². The number of likely N-dealkylation sites (tertiary alicyclic amines) is 2. The number of anilines is 2. The smallest absolute Gasteiger partial charge is 0.255 e. The topological polar surface area (TPSA) is 121 Å². The Morgan fingerprint density at radius 3 is 2.29 bits per heavy atom. The van der Waals surface area contributed by atoms with E-state index in [1.54, 1.807) is 36.5 Å². The van der Waals surface area contributed by atoms with Crippen molar-refractivity contribution in [2.24, 2.45) is 0 Å². The van der Waals surface area contributed by atoms with Crippen molar-refractivity contribution in [2.45, 2.75) is 44.8 Å². The van der Waals surface area contributed by atoms with Crippen molar-refractivity contribution in [1.82, 2.24) is 14.8 Å². The van der Waals surface area contributed by atoms with Crippen LogP contribution in [0.3, 0.4) is 0 Å². The van der Waals surface area contributed by atoms with Crippen LogP contribution in [0.1, 0.15) is 65.0 Å². The van der Waals surface area contributed by atoms with Crippen LogP contribution in [0.5, 0.6) is 11.5 Å². The van der Waals surface area contributed by atoms with Crippen molar-refractivity contribution in [3.05, 3.63) is 102 Å². The van der Waals surface area contributed by atoms with Gasteiger partial charge in [0.25, 0.3) is 11.8 Å². The van der Waals surface area contributed by atoms with Crippen molar-refractivity contribution < 1.29 is 19.4 Å². The lowest BCUT2D eigenvalue weighted by molar-refractivity contribution is 0.0644. The third-order valence-electron chi connectivity index (χ3n) is 8.81. The molecule has 1 atom stereocenters. The largest absolute Gasteiger partial charge is 0.508 e. The van der Waals surface area contributed by atoms with Gasteiger partial charge in [-0.1, -0.05) is 30.3 Å². The van der Waals surface area contributed by atoms with Gasteiger partial charge in [0.2, 0.25) is 0 Å². The van der Waals surface area contributed by atoms with E-state index in [-0.39, 0.29) is 29.5 Å². The molecule has 9 nitrogen and oxygen atoms in total. The first-order valence-electron chi connectivity index (χ1n) is 15.6. The number of pyridine rings is 1. The zero-order valence-corrected chi connectivity index (χ0v) is 25.5. The van der Waals surface area contributed by atoms with Crippen LogP contribution < -0.4 is 15.8 Å². The van der Waals surface area contributed by atoms with Crippen molar-refractivity contribution in [2.75, 3.05) is 37.2 Å². The fourth-order valence-corrected chi connectivity index (χ4v) is 6.19. The zero-order chi connectivity index (χ0) is 31.3. The molecule has 3 aromatic carbocycles. The van der Waals surface area contributed by atoms with Crippen LogP contribution in [0.4, 0.5) is 11.5 Å². The number of nitrogen functional groups attached to an aromatic ring is 1. The summed E-state index contributed by atoms with van der Waals surface area (Å²) in [6.07, 6.45) is 6.01. The maximum Gasteiger partial charge on any atom is 0.255 e. The van der Waals surface area contributed by atoms with E-state index < -0.39 is 0 Å². The summed E-state index contributed by atoms with van der Waals surface area (Å²) in [7, 11) is 0. The maximum absolute atomic E-state index is 13.2. The number of hydrogen-bond donors (Lipinski definition) is 3. The lowest BCUT2D eigenvalue weighted by Gasteiger charge is -2.36. The fraction of sp³-hybridized carbons (Fsp3) is 0.306. The van der Waals surface area contributed by atoms with E-state index in [2.05, 4.69) is 15.2 Å². The van der Waals surface area contributed by atoms with Crippen molar-refractivity contribution in [1.29, 1.82) is 0 Å². The Hall–Kier alpha value is -4.89. The summed E-state index contributed by atoms with van der Waals surface area (Å²) >= 11 is 0. The number of aromatic hydroxyl groups is 1. The minimum Gasteiger partial charge on any atom is -0.508 e. The molecule has 0 saturated carbocycles. The van der Waals surface area contributed by atoms with Crippen LogP contribution in [0.15, 0.2) is 85.1 Å². The van der Waals surface area contributed by atoms with Gasteiger partial charge in [-0.3, -0.25) is 9.59 Å². The Morgan fingerprint density at radius 2 is 1.60 bits per heavy atom. The van der Waals surface area contributed by atoms with Gasteiger partial charge in [0.1, 0.15) is 11.9 Å². The molecule has 2 fully saturated rings. The summed E-state index contributed by atoms with van der Waals surface area (Å²) in [4.78, 5) is 34.8. The van der Waals surface area contributed by atoms with Crippen LogP contribution >= 0.6 is 0 Å². The molecular weight excluding hydrogens is 566 g/mol. The molecule has 3 heterocycles. The average Bonchev–Trinajstić information content (AvgIpc) is 3.61. The molecule has 0 bridgehead atoms. The molecule has 0 aliphatic carbocycles. The second kappa shape index (κ2) is 13.4. The van der Waals surface area contributed by atoms with Crippen LogP contribution in [0.25, 0.3) is 11.1 Å². The molecule has 6 rings (SSSR count). The highest BCUT2D eigenvalue weighted by Gasteiger charge is 2.28. The number of carbonyl (C=O) groups is 2. The van der Waals surface area contributed by atoms with Crippen molar-refractivity contribution >= 4 is 23.3 Å². The molecule has 2 amide bonds. The number of nitrogens with two attached hydrogens (primary N) is 1. The van der Waals surface area contributed by atoms with Crippen LogP contribution in [0.2, 0.25) is 0 Å². The van der Waals surface area contributed by atoms with Gasteiger partial charge in [0, 0.05) is 53.8 Å². The predicted octanol–water partition coefficient (Wildman–Crippen LogP) is 6.13. The highest BCUT2D eigenvalue weighted by Crippen LogP contribution is 2.31. The summed E-state index contributed by atoms with van der Waals surface area (Å²) in [5.74, 6) is 0.607. The average molecular weight is 606 g/mol. The van der Waals surface area contributed by atoms with Gasteiger partial charge in [-0.2, -0.15) is 0 Å². The standard InChI is InChI=1S/C36H39N5O4/c1-24(25-7-11-27(12-8-25)35(43)39-30-5-4-6-32(42)22-30)45-33-21-29(23-38-34(33)37)26-9-13-28(14-10-26)36(44)41-19-15-31(16-20-41)40-17-2-3-18-40/h4-14,21-24,31,42H,2-3,15-20H2,1H3,(H2,37,38)(H,39,43). The first-order valence-corrected chi connectivity index (χ1v) is 15.6. The van der Waals surface area contributed by atoms with Gasteiger partial charge in [0.15, 0.2) is 11.6 Å². The monoisotopic (exact) mass is 605 g/mol. The summed E-state index contributed by atoms with van der Waals surface area (Å²) in [5.41, 5.74) is 10.5. The molecule has 4 N–H and O–H groups in total. The Bertz CT molecular complexity index is 1640. The molecule has 4 aromatic rings. The van der Waals surface area contributed by atoms with Gasteiger partial charge >= 0.3 is 0 Å². The highest BCUT2D eigenvalue weighted by atomic mass is 16.5. The van der Waals surface area contributed by atoms with Gasteiger partial charge in [-0.15, -0.1) is 0 Å². The highest BCUT2D eigenvalue weighted by molar-refractivity contribution is 6.04. The van der Waals surface area contributed by atoms with Gasteiger partial charge in [-0.05, 0) is 99.3 Å². The number of piperidine rings is 1. The second-order valence-electron chi connectivity index (χ2n) is 11.8.